The number of hydrogen-bond acceptors (Lipinski definition) is 8. The number of ether oxygens (including phenoxy) is 1. The van der Waals surface area contributed by atoms with Gasteiger partial charge in [-0.1, -0.05) is 5.16 Å². The molecule has 4 rings (SSSR count). The largest absolute Gasteiger partial charge is 0.467 e. The lowest BCUT2D eigenvalue weighted by Crippen LogP contribution is -2.48. The van der Waals surface area contributed by atoms with Crippen LogP contribution in [0.4, 0.5) is 0 Å². The molecule has 0 saturated carbocycles. The molecule has 0 bridgehead atoms. The van der Waals surface area contributed by atoms with E-state index in [2.05, 4.69) is 37.0 Å². The molecule has 2 aromatic heterocycles. The number of likely N-dealkylation sites (tertiary alicyclic amines) is 2. The van der Waals surface area contributed by atoms with Crippen molar-refractivity contribution in [3.63, 3.8) is 0 Å². The quantitative estimate of drug-likeness (QED) is 0.806. The van der Waals surface area contributed by atoms with E-state index < -0.39 is 0 Å². The van der Waals surface area contributed by atoms with Crippen LogP contribution in [0, 0.1) is 19.8 Å². The van der Waals surface area contributed by atoms with Crippen molar-refractivity contribution in [2.24, 2.45) is 5.92 Å². The Morgan fingerprint density at radius 1 is 1.31 bits per heavy atom. The molecular formula is C18H26N6O2. The Kier molecular flexibility index (Phi) is 4.40. The molecule has 0 N–H and O–H groups in total. The second-order valence-electron chi connectivity index (χ2n) is 7.65. The van der Waals surface area contributed by atoms with Crippen LogP contribution in [0.2, 0.25) is 0 Å². The molecule has 2 atom stereocenters. The zero-order chi connectivity index (χ0) is 18.3. The molecule has 8 heteroatoms. The van der Waals surface area contributed by atoms with Crippen molar-refractivity contribution in [1.82, 2.24) is 29.9 Å². The Balaban J connectivity index is 1.58. The smallest absolute Gasteiger partial charge is 0.316 e. The predicted octanol–water partition coefficient (Wildman–Crippen LogP) is 1.19. The van der Waals surface area contributed by atoms with E-state index >= 15 is 0 Å². The van der Waals surface area contributed by atoms with Crippen LogP contribution in [-0.4, -0.2) is 70.2 Å². The summed E-state index contributed by atoms with van der Waals surface area (Å²) in [4.78, 5) is 18.2. The van der Waals surface area contributed by atoms with Crippen molar-refractivity contribution in [2.45, 2.75) is 32.2 Å². The van der Waals surface area contributed by atoms with E-state index in [0.29, 0.717) is 17.8 Å². The van der Waals surface area contributed by atoms with Crippen molar-refractivity contribution < 1.29 is 9.26 Å². The highest BCUT2D eigenvalue weighted by Crippen LogP contribution is 2.44. The highest BCUT2D eigenvalue weighted by Gasteiger charge is 2.53. The third kappa shape index (κ3) is 2.97. The van der Waals surface area contributed by atoms with Crippen LogP contribution in [0.25, 0.3) is 0 Å². The van der Waals surface area contributed by atoms with Crippen LogP contribution in [0.15, 0.2) is 10.7 Å². The number of rotatable bonds is 4. The molecule has 0 spiro atoms. The van der Waals surface area contributed by atoms with E-state index in [4.69, 9.17) is 9.26 Å². The predicted molar refractivity (Wildman–Crippen MR) is 94.9 cm³/mol. The van der Waals surface area contributed by atoms with Gasteiger partial charge in [-0.05, 0) is 39.8 Å². The summed E-state index contributed by atoms with van der Waals surface area (Å²) in [7, 11) is 3.78. The summed E-state index contributed by atoms with van der Waals surface area (Å²) in [6, 6.07) is 0.417. The van der Waals surface area contributed by atoms with Gasteiger partial charge >= 0.3 is 6.01 Å². The molecule has 0 radical (unpaired) electrons. The molecular weight excluding hydrogens is 332 g/mol. The third-order valence-electron chi connectivity index (χ3n) is 5.83. The van der Waals surface area contributed by atoms with Gasteiger partial charge in [0.25, 0.3) is 0 Å². The molecule has 0 aromatic carbocycles. The average molecular weight is 358 g/mol. The lowest BCUT2D eigenvalue weighted by Gasteiger charge is -2.39. The van der Waals surface area contributed by atoms with Crippen LogP contribution < -0.4 is 4.74 Å². The second kappa shape index (κ2) is 6.59. The third-order valence-corrected chi connectivity index (χ3v) is 5.83. The molecule has 2 aliphatic rings. The molecule has 0 aliphatic carbocycles. The van der Waals surface area contributed by atoms with Crippen LogP contribution in [0.5, 0.6) is 6.01 Å². The molecule has 140 valence electrons. The van der Waals surface area contributed by atoms with E-state index in [0.717, 1.165) is 56.3 Å². The SMILES string of the molecule is COc1ncc(CN2C[C@H]3CN(C)CC[C@@]3(c3nc(C)no3)C2)c(C)n1. The first-order valence-corrected chi connectivity index (χ1v) is 9.08. The van der Waals surface area contributed by atoms with Gasteiger partial charge in [0.1, 0.15) is 0 Å². The number of piperidine rings is 1. The number of hydrogen-bond donors (Lipinski definition) is 0. The van der Waals surface area contributed by atoms with E-state index in [1.165, 1.54) is 0 Å². The zero-order valence-corrected chi connectivity index (χ0v) is 15.9. The maximum atomic E-state index is 5.65. The Hall–Kier alpha value is -2.06. The minimum atomic E-state index is -0.0466. The van der Waals surface area contributed by atoms with Gasteiger partial charge in [0.2, 0.25) is 5.89 Å². The van der Waals surface area contributed by atoms with Crippen LogP contribution in [0.1, 0.15) is 29.4 Å². The second-order valence-corrected chi connectivity index (χ2v) is 7.65. The standard InChI is InChI=1S/C18H26N6O2/c1-12-14(7-19-17(20-12)25-4)8-24-10-15-9-23(3)6-5-18(15,11-24)16-21-13(2)22-26-16/h7,15H,5-6,8-11H2,1-4H3/t15-,18-/m1/s1. The van der Waals surface area contributed by atoms with Crippen molar-refractivity contribution >= 4 is 0 Å². The first kappa shape index (κ1) is 17.4. The zero-order valence-electron chi connectivity index (χ0n) is 15.9. The Morgan fingerprint density at radius 2 is 2.15 bits per heavy atom. The summed E-state index contributed by atoms with van der Waals surface area (Å²) in [5, 5.41) is 4.06. The molecule has 2 saturated heterocycles. The van der Waals surface area contributed by atoms with E-state index in [1.54, 1.807) is 7.11 Å². The minimum absolute atomic E-state index is 0.0466. The number of aromatic nitrogens is 4. The monoisotopic (exact) mass is 358 g/mol. The van der Waals surface area contributed by atoms with Gasteiger partial charge in [-0.2, -0.15) is 4.98 Å². The van der Waals surface area contributed by atoms with Crippen molar-refractivity contribution in [3.05, 3.63) is 29.2 Å². The summed E-state index contributed by atoms with van der Waals surface area (Å²) in [5.74, 6) is 2.00. The Morgan fingerprint density at radius 3 is 2.85 bits per heavy atom. The van der Waals surface area contributed by atoms with Gasteiger partial charge < -0.3 is 14.2 Å². The fourth-order valence-corrected chi connectivity index (χ4v) is 4.39. The lowest BCUT2D eigenvalue weighted by molar-refractivity contribution is 0.118. The summed E-state index contributed by atoms with van der Waals surface area (Å²) in [5.41, 5.74) is 2.05. The first-order chi connectivity index (χ1) is 12.5. The van der Waals surface area contributed by atoms with E-state index in [9.17, 15) is 0 Å². The summed E-state index contributed by atoms with van der Waals surface area (Å²) >= 11 is 0. The molecule has 8 nitrogen and oxygen atoms in total. The topological polar surface area (TPSA) is 80.4 Å². The molecule has 2 fully saturated rings. The van der Waals surface area contributed by atoms with Crippen LogP contribution in [-0.2, 0) is 12.0 Å². The lowest BCUT2D eigenvalue weighted by atomic mass is 9.72. The van der Waals surface area contributed by atoms with Crippen molar-refractivity contribution in [1.29, 1.82) is 0 Å². The van der Waals surface area contributed by atoms with E-state index in [1.807, 2.05) is 20.0 Å². The number of fused-ring (bicyclic) bond motifs is 1. The minimum Gasteiger partial charge on any atom is -0.467 e. The molecule has 0 amide bonds. The van der Waals surface area contributed by atoms with Crippen LogP contribution >= 0.6 is 0 Å². The Bertz CT molecular complexity index is 794. The number of aryl methyl sites for hydroxylation is 2. The average Bonchev–Trinajstić information content (AvgIpc) is 3.20. The highest BCUT2D eigenvalue weighted by atomic mass is 16.5. The maximum Gasteiger partial charge on any atom is 0.316 e. The van der Waals surface area contributed by atoms with Gasteiger partial charge in [-0.3, -0.25) is 4.90 Å². The highest BCUT2D eigenvalue weighted by molar-refractivity contribution is 5.21. The maximum absolute atomic E-state index is 5.65. The molecule has 0 unspecified atom stereocenters. The Labute approximate surface area is 153 Å². The summed E-state index contributed by atoms with van der Waals surface area (Å²) in [6.07, 6.45) is 2.92. The van der Waals surface area contributed by atoms with Gasteiger partial charge in [0.05, 0.1) is 12.5 Å². The van der Waals surface area contributed by atoms with Crippen molar-refractivity contribution in [3.8, 4) is 6.01 Å². The number of methoxy groups -OCH3 is 1. The normalized spacial score (nSPS) is 26.8. The van der Waals surface area contributed by atoms with Gasteiger partial charge in [-0.25, -0.2) is 9.97 Å². The fourth-order valence-electron chi connectivity index (χ4n) is 4.39. The molecule has 4 heterocycles. The summed E-state index contributed by atoms with van der Waals surface area (Å²) in [6.45, 7) is 8.76. The fraction of sp³-hybridized carbons (Fsp3) is 0.667. The first-order valence-electron chi connectivity index (χ1n) is 9.08. The van der Waals surface area contributed by atoms with Gasteiger partial charge in [-0.15, -0.1) is 0 Å². The molecule has 2 aromatic rings. The van der Waals surface area contributed by atoms with Crippen molar-refractivity contribution in [2.75, 3.05) is 40.3 Å². The molecule has 2 aliphatic heterocycles. The van der Waals surface area contributed by atoms with Gasteiger partial charge in [0, 0.05) is 43.6 Å². The van der Waals surface area contributed by atoms with Crippen LogP contribution in [0.3, 0.4) is 0 Å². The number of nitrogens with zero attached hydrogens (tertiary/aromatic N) is 6. The van der Waals surface area contributed by atoms with E-state index in [-0.39, 0.29) is 5.41 Å². The molecule has 26 heavy (non-hydrogen) atoms. The summed E-state index contributed by atoms with van der Waals surface area (Å²) < 4.78 is 10.8. The van der Waals surface area contributed by atoms with Gasteiger partial charge in [0.15, 0.2) is 5.82 Å².